The first-order chi connectivity index (χ1) is 16.4. The number of aliphatic hydroxyl groups excluding tert-OH is 1. The zero-order valence-corrected chi connectivity index (χ0v) is 22.8. The van der Waals surface area contributed by atoms with E-state index in [4.69, 9.17) is 14.2 Å². The average Bonchev–Trinajstić information content (AvgIpc) is 2.76. The number of carbonyl (C=O) groups excluding carboxylic acids is 3. The molecule has 3 fully saturated rings. The maximum absolute atomic E-state index is 14.1. The highest BCUT2D eigenvalue weighted by Gasteiger charge is 2.82. The molecule has 0 bridgehead atoms. The Morgan fingerprint density at radius 2 is 1.86 bits per heavy atom. The van der Waals surface area contributed by atoms with Crippen molar-refractivity contribution in [1.29, 1.82) is 0 Å². The van der Waals surface area contributed by atoms with E-state index in [9.17, 15) is 24.6 Å². The van der Waals surface area contributed by atoms with Gasteiger partial charge in [0.1, 0.15) is 17.7 Å². The molecule has 1 unspecified atom stereocenters. The average molecular weight is 510 g/mol. The predicted octanol–water partition coefficient (Wildman–Crippen LogP) is 2.07. The number of Topliss-reactive ketones (excluding diaryl/α,β-unsaturated/α-hetero) is 1. The third-order valence-electron chi connectivity index (χ3n) is 9.11. The largest absolute Gasteiger partial charge is 0.460 e. The first-order valence-corrected chi connectivity index (χ1v) is 12.8. The van der Waals surface area contributed by atoms with Gasteiger partial charge in [0.05, 0.1) is 11.7 Å². The first kappa shape index (κ1) is 28.8. The maximum atomic E-state index is 14.1. The van der Waals surface area contributed by atoms with E-state index in [1.54, 1.807) is 20.8 Å². The van der Waals surface area contributed by atoms with Crippen LogP contribution in [0.25, 0.3) is 0 Å². The molecule has 3 aliphatic rings. The minimum atomic E-state index is -2.25. The summed E-state index contributed by atoms with van der Waals surface area (Å²) in [7, 11) is 0. The summed E-state index contributed by atoms with van der Waals surface area (Å²) >= 11 is 0. The molecule has 2 aliphatic carbocycles. The Balaban J connectivity index is 2.27. The third kappa shape index (κ3) is 3.94. The molecule has 0 aromatic carbocycles. The van der Waals surface area contributed by atoms with Gasteiger partial charge in [-0.2, -0.15) is 0 Å². The SMILES string of the molecule is C=C[C@@]1(C)CC(=O)[C@]2(O)[C@@]3(C)[C@@H](OC(=O)C(C)NCC)CCC(C)(C)[C@@H]3[C@H](O)[C@H](OC(C)=O)[C@@]2(C)O1. The minimum absolute atomic E-state index is 0.178. The quantitative estimate of drug-likeness (QED) is 0.364. The Hall–Kier alpha value is -1.81. The van der Waals surface area contributed by atoms with Gasteiger partial charge in [-0.3, -0.25) is 14.4 Å². The van der Waals surface area contributed by atoms with Crippen molar-refractivity contribution in [2.24, 2.45) is 16.7 Å². The lowest BCUT2D eigenvalue weighted by molar-refractivity contribution is -0.370. The van der Waals surface area contributed by atoms with Gasteiger partial charge in [-0.15, -0.1) is 6.58 Å². The van der Waals surface area contributed by atoms with Crippen LogP contribution in [0.15, 0.2) is 12.7 Å². The van der Waals surface area contributed by atoms with Crippen molar-refractivity contribution in [3.8, 4) is 0 Å². The predicted molar refractivity (Wildman–Crippen MR) is 132 cm³/mol. The van der Waals surface area contributed by atoms with Crippen molar-refractivity contribution in [3.05, 3.63) is 12.7 Å². The van der Waals surface area contributed by atoms with Crippen LogP contribution in [0.2, 0.25) is 0 Å². The number of esters is 2. The molecule has 1 heterocycles. The second-order valence-corrected chi connectivity index (χ2v) is 12.0. The number of aliphatic hydroxyl groups is 2. The Morgan fingerprint density at radius 3 is 2.39 bits per heavy atom. The highest BCUT2D eigenvalue weighted by atomic mass is 16.6. The summed E-state index contributed by atoms with van der Waals surface area (Å²) in [6, 6.07) is -0.599. The van der Waals surface area contributed by atoms with Gasteiger partial charge in [-0.05, 0) is 45.6 Å². The Labute approximate surface area is 213 Å². The number of fused-ring (bicyclic) bond motifs is 3. The normalized spacial score (nSPS) is 44.6. The van der Waals surface area contributed by atoms with Gasteiger partial charge < -0.3 is 29.7 Å². The van der Waals surface area contributed by atoms with Crippen molar-refractivity contribution in [3.63, 3.8) is 0 Å². The van der Waals surface area contributed by atoms with Crippen molar-refractivity contribution in [2.45, 2.75) is 116 Å². The Bertz CT molecular complexity index is 935. The summed E-state index contributed by atoms with van der Waals surface area (Å²) in [5.74, 6) is -2.49. The van der Waals surface area contributed by atoms with E-state index in [1.807, 2.05) is 20.8 Å². The molecule has 3 N–H and O–H groups in total. The topological polar surface area (TPSA) is 131 Å². The zero-order valence-electron chi connectivity index (χ0n) is 22.8. The summed E-state index contributed by atoms with van der Waals surface area (Å²) in [6.07, 6.45) is -1.34. The summed E-state index contributed by atoms with van der Waals surface area (Å²) in [5, 5.41) is 27.5. The molecule has 204 valence electrons. The fourth-order valence-electron chi connectivity index (χ4n) is 7.45. The van der Waals surface area contributed by atoms with E-state index in [0.717, 1.165) is 0 Å². The van der Waals surface area contributed by atoms with Crippen LogP contribution in [-0.2, 0) is 28.6 Å². The molecule has 3 rings (SSSR count). The van der Waals surface area contributed by atoms with Crippen LogP contribution in [0.3, 0.4) is 0 Å². The third-order valence-corrected chi connectivity index (χ3v) is 9.11. The monoisotopic (exact) mass is 509 g/mol. The van der Waals surface area contributed by atoms with E-state index in [1.165, 1.54) is 19.9 Å². The summed E-state index contributed by atoms with van der Waals surface area (Å²) in [6.45, 7) is 17.9. The number of hydrogen-bond acceptors (Lipinski definition) is 9. The molecule has 9 heteroatoms. The van der Waals surface area contributed by atoms with Crippen molar-refractivity contribution in [1.82, 2.24) is 5.32 Å². The standard InChI is InChI=1S/C27H43NO8/c1-10-24(7)14-17(30)27(33)25(8)18(35-22(32)15(3)28-11-2)12-13-23(5,6)20(25)19(31)21(34-16(4)29)26(27,9)36-24/h10,15,18-21,28,31,33H,1,11-14H2,2-9H3/t15?,18-,19-,20-,21-,24-,25-,26+,27-/m0/s1. The van der Waals surface area contributed by atoms with Crippen LogP contribution in [0.4, 0.5) is 0 Å². The highest BCUT2D eigenvalue weighted by molar-refractivity contribution is 5.92. The molecule has 0 aromatic heterocycles. The molecule has 0 aromatic rings. The number of carbonyl (C=O) groups is 3. The van der Waals surface area contributed by atoms with E-state index in [0.29, 0.717) is 19.4 Å². The summed E-state index contributed by atoms with van der Waals surface area (Å²) in [4.78, 5) is 39.3. The van der Waals surface area contributed by atoms with Crippen LogP contribution < -0.4 is 5.32 Å². The molecular weight excluding hydrogens is 466 g/mol. The lowest BCUT2D eigenvalue weighted by Crippen LogP contribution is -2.87. The fraction of sp³-hybridized carbons (Fsp3) is 0.815. The number of nitrogens with one attached hydrogen (secondary N) is 1. The second-order valence-electron chi connectivity index (χ2n) is 12.0. The molecule has 1 aliphatic heterocycles. The Morgan fingerprint density at radius 1 is 1.25 bits per heavy atom. The summed E-state index contributed by atoms with van der Waals surface area (Å²) in [5.41, 5.74) is -7.33. The van der Waals surface area contributed by atoms with E-state index >= 15 is 0 Å². The number of rotatable bonds is 6. The molecule has 0 radical (unpaired) electrons. The second kappa shape index (κ2) is 9.19. The molecule has 0 spiro atoms. The van der Waals surface area contributed by atoms with Crippen molar-refractivity contribution in [2.75, 3.05) is 6.54 Å². The molecule has 36 heavy (non-hydrogen) atoms. The highest BCUT2D eigenvalue weighted by Crippen LogP contribution is 2.67. The molecule has 0 amide bonds. The fourth-order valence-corrected chi connectivity index (χ4v) is 7.45. The van der Waals surface area contributed by atoms with Gasteiger partial charge >= 0.3 is 11.9 Å². The first-order valence-electron chi connectivity index (χ1n) is 12.8. The van der Waals surface area contributed by atoms with Gasteiger partial charge in [0.15, 0.2) is 17.5 Å². The van der Waals surface area contributed by atoms with Gasteiger partial charge in [0, 0.05) is 24.7 Å². The van der Waals surface area contributed by atoms with Gasteiger partial charge in [0.25, 0.3) is 0 Å². The smallest absolute Gasteiger partial charge is 0.323 e. The zero-order chi connectivity index (χ0) is 27.5. The van der Waals surface area contributed by atoms with Gasteiger partial charge in [0.2, 0.25) is 0 Å². The van der Waals surface area contributed by atoms with E-state index in [2.05, 4.69) is 11.9 Å². The maximum Gasteiger partial charge on any atom is 0.323 e. The van der Waals surface area contributed by atoms with Crippen LogP contribution in [0.5, 0.6) is 0 Å². The summed E-state index contributed by atoms with van der Waals surface area (Å²) < 4.78 is 18.1. The lowest BCUT2D eigenvalue weighted by atomic mass is 9.39. The molecular formula is C27H43NO8. The number of ketones is 1. The molecule has 1 saturated heterocycles. The molecule has 9 atom stereocenters. The van der Waals surface area contributed by atoms with Crippen LogP contribution in [-0.4, -0.2) is 75.6 Å². The lowest BCUT2D eigenvalue weighted by Gasteiger charge is -2.71. The van der Waals surface area contributed by atoms with Crippen LogP contribution in [0.1, 0.15) is 74.7 Å². The van der Waals surface area contributed by atoms with Crippen LogP contribution in [0, 0.1) is 16.7 Å². The Kier molecular flexibility index (Phi) is 7.34. The van der Waals surface area contributed by atoms with Crippen molar-refractivity contribution < 1.29 is 38.8 Å². The molecule has 2 saturated carbocycles. The number of ether oxygens (including phenoxy) is 3. The van der Waals surface area contributed by atoms with Gasteiger partial charge in [-0.1, -0.05) is 33.8 Å². The number of likely N-dealkylation sites (N-methyl/N-ethyl adjacent to an activating group) is 1. The van der Waals surface area contributed by atoms with Crippen molar-refractivity contribution >= 4 is 17.7 Å². The van der Waals surface area contributed by atoms with Crippen LogP contribution >= 0.6 is 0 Å². The van der Waals surface area contributed by atoms with E-state index < -0.39 is 75.6 Å². The van der Waals surface area contributed by atoms with Gasteiger partial charge in [-0.25, -0.2) is 0 Å². The minimum Gasteiger partial charge on any atom is -0.460 e. The number of hydrogen-bond donors (Lipinski definition) is 3. The van der Waals surface area contributed by atoms with E-state index in [-0.39, 0.29) is 6.42 Å². The molecule has 9 nitrogen and oxygen atoms in total.